The standard InChI is InChI=1S/C26H36N6O/c1-20-14-23(21(2)32(20)25-8-5-4-6-9-25)15-24(16-27)26(33)31-11-7-10-30(12-13-31)19-22-17-28-29(3)18-22/h14-15,17-18,25H,4-13,19H2,1-3H3/b24-15-. The average molecular weight is 449 g/mol. The van der Waals surface area contributed by atoms with Crippen molar-refractivity contribution in [2.24, 2.45) is 7.05 Å². The van der Waals surface area contributed by atoms with Crippen LogP contribution in [0.2, 0.25) is 0 Å². The number of amides is 1. The van der Waals surface area contributed by atoms with Gasteiger partial charge >= 0.3 is 0 Å². The van der Waals surface area contributed by atoms with Gasteiger partial charge in [-0.15, -0.1) is 0 Å². The van der Waals surface area contributed by atoms with E-state index in [2.05, 4.69) is 40.5 Å². The van der Waals surface area contributed by atoms with E-state index in [1.54, 1.807) is 0 Å². The van der Waals surface area contributed by atoms with Gasteiger partial charge in [-0.25, -0.2) is 0 Å². The molecular formula is C26H36N6O. The minimum atomic E-state index is -0.150. The van der Waals surface area contributed by atoms with Crippen molar-refractivity contribution in [3.05, 3.63) is 46.5 Å². The van der Waals surface area contributed by atoms with E-state index in [9.17, 15) is 10.1 Å². The quantitative estimate of drug-likeness (QED) is 0.512. The highest BCUT2D eigenvalue weighted by molar-refractivity contribution is 6.01. The fourth-order valence-electron chi connectivity index (χ4n) is 5.46. The van der Waals surface area contributed by atoms with Crippen LogP contribution < -0.4 is 0 Å². The van der Waals surface area contributed by atoms with Crippen molar-refractivity contribution in [2.75, 3.05) is 26.2 Å². The number of rotatable bonds is 5. The smallest absolute Gasteiger partial charge is 0.264 e. The van der Waals surface area contributed by atoms with Crippen molar-refractivity contribution < 1.29 is 4.79 Å². The SMILES string of the molecule is Cc1cc(/C=C(/C#N)C(=O)N2CCCN(Cc3cnn(C)c3)CC2)c(C)n1C1CCCCC1. The molecule has 1 aliphatic heterocycles. The summed E-state index contributed by atoms with van der Waals surface area (Å²) in [6.45, 7) is 8.15. The van der Waals surface area contributed by atoms with Gasteiger partial charge in [-0.2, -0.15) is 10.4 Å². The van der Waals surface area contributed by atoms with Crippen molar-refractivity contribution >= 4 is 12.0 Å². The van der Waals surface area contributed by atoms with E-state index < -0.39 is 0 Å². The largest absolute Gasteiger partial charge is 0.346 e. The Morgan fingerprint density at radius 1 is 1.15 bits per heavy atom. The minimum Gasteiger partial charge on any atom is -0.346 e. The van der Waals surface area contributed by atoms with Crippen LogP contribution in [0.4, 0.5) is 0 Å². The number of carbonyl (C=O) groups excluding carboxylic acids is 1. The summed E-state index contributed by atoms with van der Waals surface area (Å²) >= 11 is 0. The van der Waals surface area contributed by atoms with Crippen LogP contribution in [-0.2, 0) is 18.4 Å². The van der Waals surface area contributed by atoms with Gasteiger partial charge in [0.2, 0.25) is 0 Å². The Bertz CT molecular complexity index is 1050. The number of hydrogen-bond acceptors (Lipinski definition) is 4. The normalized spacial score (nSPS) is 18.8. The number of carbonyl (C=O) groups is 1. The first-order valence-corrected chi connectivity index (χ1v) is 12.3. The Kier molecular flexibility index (Phi) is 7.34. The van der Waals surface area contributed by atoms with Gasteiger partial charge in [0, 0.05) is 69.0 Å². The molecule has 1 aliphatic carbocycles. The molecule has 0 atom stereocenters. The second-order valence-corrected chi connectivity index (χ2v) is 9.60. The molecule has 0 spiro atoms. The van der Waals surface area contributed by atoms with E-state index in [1.807, 2.05) is 35.1 Å². The predicted octanol–water partition coefficient (Wildman–Crippen LogP) is 3.99. The Morgan fingerprint density at radius 3 is 2.64 bits per heavy atom. The van der Waals surface area contributed by atoms with Crippen molar-refractivity contribution in [1.29, 1.82) is 5.26 Å². The van der Waals surface area contributed by atoms with Gasteiger partial charge < -0.3 is 9.47 Å². The van der Waals surface area contributed by atoms with Gasteiger partial charge in [0.15, 0.2) is 0 Å². The molecular weight excluding hydrogens is 412 g/mol. The highest BCUT2D eigenvalue weighted by Crippen LogP contribution is 2.32. The first-order chi connectivity index (χ1) is 16.0. The van der Waals surface area contributed by atoms with Crippen molar-refractivity contribution in [3.8, 4) is 6.07 Å². The molecule has 2 aliphatic rings. The summed E-state index contributed by atoms with van der Waals surface area (Å²) in [5.74, 6) is -0.150. The molecule has 0 unspecified atom stereocenters. The van der Waals surface area contributed by atoms with Gasteiger partial charge in [-0.1, -0.05) is 19.3 Å². The molecule has 7 heteroatoms. The predicted molar refractivity (Wildman–Crippen MR) is 129 cm³/mol. The van der Waals surface area contributed by atoms with Crippen LogP contribution in [0.5, 0.6) is 0 Å². The second-order valence-electron chi connectivity index (χ2n) is 9.60. The lowest BCUT2D eigenvalue weighted by Gasteiger charge is -2.26. The van der Waals surface area contributed by atoms with E-state index in [0.717, 1.165) is 31.6 Å². The van der Waals surface area contributed by atoms with Crippen LogP contribution >= 0.6 is 0 Å². The summed E-state index contributed by atoms with van der Waals surface area (Å²) in [6.07, 6.45) is 13.0. The Morgan fingerprint density at radius 2 is 1.94 bits per heavy atom. The van der Waals surface area contributed by atoms with Crippen LogP contribution in [0, 0.1) is 25.2 Å². The summed E-state index contributed by atoms with van der Waals surface area (Å²) < 4.78 is 4.24. The molecule has 0 aromatic carbocycles. The highest BCUT2D eigenvalue weighted by Gasteiger charge is 2.24. The molecule has 2 fully saturated rings. The number of aryl methyl sites for hydroxylation is 2. The van der Waals surface area contributed by atoms with Crippen molar-refractivity contribution in [3.63, 3.8) is 0 Å². The van der Waals surface area contributed by atoms with E-state index in [1.165, 1.54) is 49.1 Å². The fourth-order valence-corrected chi connectivity index (χ4v) is 5.46. The third-order valence-corrected chi connectivity index (χ3v) is 7.15. The zero-order valence-electron chi connectivity index (χ0n) is 20.3. The average Bonchev–Trinajstić information content (AvgIpc) is 3.24. The molecule has 4 rings (SSSR count). The Balaban J connectivity index is 1.45. The Labute approximate surface area is 197 Å². The Hall–Kier alpha value is -2.85. The molecule has 0 bridgehead atoms. The topological polar surface area (TPSA) is 70.1 Å². The van der Waals surface area contributed by atoms with E-state index >= 15 is 0 Å². The number of nitrogens with zero attached hydrogens (tertiary/aromatic N) is 6. The second kappa shape index (κ2) is 10.4. The summed E-state index contributed by atoms with van der Waals surface area (Å²) in [5.41, 5.74) is 4.80. The molecule has 2 aromatic heterocycles. The van der Waals surface area contributed by atoms with Gasteiger partial charge in [0.25, 0.3) is 5.91 Å². The molecule has 3 heterocycles. The molecule has 33 heavy (non-hydrogen) atoms. The number of nitriles is 1. The summed E-state index contributed by atoms with van der Waals surface area (Å²) in [5, 5.41) is 14.1. The molecule has 1 amide bonds. The van der Waals surface area contributed by atoms with E-state index in [-0.39, 0.29) is 11.5 Å². The zero-order chi connectivity index (χ0) is 23.4. The van der Waals surface area contributed by atoms with Crippen LogP contribution in [0.25, 0.3) is 6.08 Å². The maximum Gasteiger partial charge on any atom is 0.264 e. The molecule has 1 saturated carbocycles. The van der Waals surface area contributed by atoms with Crippen LogP contribution in [0.3, 0.4) is 0 Å². The van der Waals surface area contributed by atoms with Crippen molar-refractivity contribution in [1.82, 2.24) is 24.1 Å². The molecule has 0 N–H and O–H groups in total. The van der Waals surface area contributed by atoms with Gasteiger partial charge in [-0.3, -0.25) is 14.4 Å². The summed E-state index contributed by atoms with van der Waals surface area (Å²) in [7, 11) is 1.93. The van der Waals surface area contributed by atoms with Crippen LogP contribution in [-0.4, -0.2) is 56.2 Å². The van der Waals surface area contributed by atoms with E-state index in [4.69, 9.17) is 0 Å². The first-order valence-electron chi connectivity index (χ1n) is 12.3. The zero-order valence-corrected chi connectivity index (χ0v) is 20.3. The molecule has 176 valence electrons. The summed E-state index contributed by atoms with van der Waals surface area (Å²) in [6, 6.07) is 4.87. The van der Waals surface area contributed by atoms with Gasteiger partial charge in [-0.05, 0) is 50.8 Å². The maximum absolute atomic E-state index is 13.3. The number of aromatic nitrogens is 3. The van der Waals surface area contributed by atoms with Crippen LogP contribution in [0.15, 0.2) is 24.0 Å². The van der Waals surface area contributed by atoms with Crippen molar-refractivity contribution in [2.45, 2.75) is 65.0 Å². The van der Waals surface area contributed by atoms with Gasteiger partial charge in [0.1, 0.15) is 11.6 Å². The lowest BCUT2D eigenvalue weighted by atomic mass is 9.95. The molecule has 1 saturated heterocycles. The third-order valence-electron chi connectivity index (χ3n) is 7.15. The lowest BCUT2D eigenvalue weighted by molar-refractivity contribution is -0.126. The lowest BCUT2D eigenvalue weighted by Crippen LogP contribution is -2.35. The minimum absolute atomic E-state index is 0.150. The monoisotopic (exact) mass is 448 g/mol. The number of hydrogen-bond donors (Lipinski definition) is 0. The summed E-state index contributed by atoms with van der Waals surface area (Å²) in [4.78, 5) is 17.5. The van der Waals surface area contributed by atoms with Crippen LogP contribution in [0.1, 0.15) is 67.1 Å². The first kappa shape index (κ1) is 23.3. The molecule has 2 aromatic rings. The highest BCUT2D eigenvalue weighted by atomic mass is 16.2. The van der Waals surface area contributed by atoms with Gasteiger partial charge in [0.05, 0.1) is 6.20 Å². The fraction of sp³-hybridized carbons (Fsp3) is 0.577. The maximum atomic E-state index is 13.3. The van der Waals surface area contributed by atoms with E-state index in [0.29, 0.717) is 19.1 Å². The third kappa shape index (κ3) is 5.39. The molecule has 7 nitrogen and oxygen atoms in total. The molecule has 0 radical (unpaired) electrons.